The van der Waals surface area contributed by atoms with Crippen molar-refractivity contribution in [2.24, 2.45) is 0 Å². The SMILES string of the molecule is COC(=O)C1=C(C(=O)OC)N(c2c(Br)cccc2Br)C=CC=C1. The quantitative estimate of drug-likeness (QED) is 0.668. The molecule has 5 nitrogen and oxygen atoms in total. The summed E-state index contributed by atoms with van der Waals surface area (Å²) in [6.07, 6.45) is 6.55. The molecule has 1 heterocycles. The number of nitrogens with zero attached hydrogens (tertiary/aromatic N) is 1. The van der Waals surface area contributed by atoms with Gasteiger partial charge in [0.2, 0.25) is 0 Å². The van der Waals surface area contributed by atoms with Crippen molar-refractivity contribution in [2.45, 2.75) is 0 Å². The molecule has 0 fully saturated rings. The zero-order chi connectivity index (χ0) is 17.0. The zero-order valence-electron chi connectivity index (χ0n) is 12.4. The fourth-order valence-electron chi connectivity index (χ4n) is 2.06. The third-order valence-corrected chi connectivity index (χ3v) is 4.35. The molecule has 0 spiro atoms. The molecule has 23 heavy (non-hydrogen) atoms. The Kier molecular flexibility index (Phi) is 5.79. The van der Waals surface area contributed by atoms with Crippen molar-refractivity contribution in [3.05, 3.63) is 62.8 Å². The van der Waals surface area contributed by atoms with Gasteiger partial charge in [0, 0.05) is 15.1 Å². The fourth-order valence-corrected chi connectivity index (χ4v) is 3.44. The van der Waals surface area contributed by atoms with Crippen molar-refractivity contribution < 1.29 is 19.1 Å². The fraction of sp³-hybridized carbons (Fsp3) is 0.125. The highest BCUT2D eigenvalue weighted by Gasteiger charge is 2.29. The molecule has 0 radical (unpaired) electrons. The Morgan fingerprint density at radius 3 is 2.17 bits per heavy atom. The van der Waals surface area contributed by atoms with E-state index in [9.17, 15) is 9.59 Å². The summed E-state index contributed by atoms with van der Waals surface area (Å²) in [5.41, 5.74) is 0.832. The van der Waals surface area contributed by atoms with E-state index in [0.717, 1.165) is 8.95 Å². The second-order valence-electron chi connectivity index (χ2n) is 4.39. The third-order valence-electron chi connectivity index (χ3n) is 3.07. The number of anilines is 1. The highest BCUT2D eigenvalue weighted by molar-refractivity contribution is 9.11. The first-order chi connectivity index (χ1) is 11.0. The first kappa shape index (κ1) is 17.5. The van der Waals surface area contributed by atoms with E-state index < -0.39 is 11.9 Å². The molecule has 1 aliphatic rings. The normalized spacial score (nSPS) is 13.8. The molecule has 2 rings (SSSR count). The number of allylic oxidation sites excluding steroid dienone is 2. The first-order valence-electron chi connectivity index (χ1n) is 6.50. The maximum Gasteiger partial charge on any atom is 0.355 e. The molecule has 0 unspecified atom stereocenters. The van der Waals surface area contributed by atoms with Crippen molar-refractivity contribution in [2.75, 3.05) is 19.1 Å². The molecular weight excluding hydrogens is 430 g/mol. The van der Waals surface area contributed by atoms with Crippen LogP contribution in [-0.4, -0.2) is 26.2 Å². The Morgan fingerprint density at radius 2 is 1.61 bits per heavy atom. The number of hydrogen-bond donors (Lipinski definition) is 0. The van der Waals surface area contributed by atoms with Crippen LogP contribution in [0.25, 0.3) is 0 Å². The Hall–Kier alpha value is -1.86. The largest absolute Gasteiger partial charge is 0.465 e. The predicted octanol–water partition coefficient (Wildman–Crippen LogP) is 3.70. The zero-order valence-corrected chi connectivity index (χ0v) is 15.5. The number of methoxy groups -OCH3 is 2. The Balaban J connectivity index is 2.74. The molecule has 0 aromatic heterocycles. The van der Waals surface area contributed by atoms with E-state index in [0.29, 0.717) is 5.69 Å². The van der Waals surface area contributed by atoms with Crippen molar-refractivity contribution >= 4 is 49.5 Å². The number of ether oxygens (including phenoxy) is 2. The van der Waals surface area contributed by atoms with Crippen LogP contribution < -0.4 is 4.90 Å². The summed E-state index contributed by atoms with van der Waals surface area (Å²) in [5, 5.41) is 0. The monoisotopic (exact) mass is 441 g/mol. The Labute approximate surface area is 150 Å². The van der Waals surface area contributed by atoms with Crippen LogP contribution in [-0.2, 0) is 19.1 Å². The topological polar surface area (TPSA) is 55.8 Å². The van der Waals surface area contributed by atoms with E-state index in [2.05, 4.69) is 31.9 Å². The van der Waals surface area contributed by atoms with Gasteiger partial charge in [-0.2, -0.15) is 0 Å². The number of carbonyl (C=O) groups is 2. The molecular formula is C16H13Br2NO4. The molecule has 1 aromatic carbocycles. The number of rotatable bonds is 3. The van der Waals surface area contributed by atoms with Gasteiger partial charge < -0.3 is 14.4 Å². The lowest BCUT2D eigenvalue weighted by atomic mass is 10.1. The summed E-state index contributed by atoms with van der Waals surface area (Å²) >= 11 is 6.93. The summed E-state index contributed by atoms with van der Waals surface area (Å²) < 4.78 is 11.1. The number of carbonyl (C=O) groups excluding carboxylic acids is 2. The molecule has 120 valence electrons. The maximum absolute atomic E-state index is 12.3. The van der Waals surface area contributed by atoms with Crippen LogP contribution in [0.3, 0.4) is 0 Å². The minimum absolute atomic E-state index is 0.0666. The minimum atomic E-state index is -0.649. The Morgan fingerprint density at radius 1 is 1.00 bits per heavy atom. The molecule has 0 atom stereocenters. The lowest BCUT2D eigenvalue weighted by Crippen LogP contribution is -2.27. The molecule has 0 amide bonds. The summed E-state index contributed by atoms with van der Waals surface area (Å²) in [5.74, 6) is -1.28. The number of benzene rings is 1. The van der Waals surface area contributed by atoms with Gasteiger partial charge in [-0.15, -0.1) is 0 Å². The average molecular weight is 443 g/mol. The average Bonchev–Trinajstić information content (AvgIpc) is 2.76. The number of halogens is 2. The van der Waals surface area contributed by atoms with E-state index in [4.69, 9.17) is 9.47 Å². The van der Waals surface area contributed by atoms with Crippen LogP contribution >= 0.6 is 31.9 Å². The molecule has 0 aliphatic carbocycles. The number of esters is 2. The van der Waals surface area contributed by atoms with Gasteiger partial charge in [0.15, 0.2) is 0 Å². The molecule has 0 saturated heterocycles. The number of para-hydroxylation sites is 1. The van der Waals surface area contributed by atoms with E-state index in [1.165, 1.54) is 20.3 Å². The van der Waals surface area contributed by atoms with Gasteiger partial charge >= 0.3 is 11.9 Å². The van der Waals surface area contributed by atoms with E-state index >= 15 is 0 Å². The smallest absolute Gasteiger partial charge is 0.355 e. The molecule has 1 aromatic rings. The lowest BCUT2D eigenvalue weighted by Gasteiger charge is -2.25. The molecule has 0 saturated carbocycles. The highest BCUT2D eigenvalue weighted by atomic mass is 79.9. The van der Waals surface area contributed by atoms with Crippen molar-refractivity contribution in [1.29, 1.82) is 0 Å². The van der Waals surface area contributed by atoms with Gasteiger partial charge in [-0.05, 0) is 56.1 Å². The van der Waals surface area contributed by atoms with Gasteiger partial charge in [0.05, 0.1) is 25.5 Å². The number of hydrogen-bond acceptors (Lipinski definition) is 5. The third kappa shape index (κ3) is 3.56. The summed E-state index contributed by atoms with van der Waals surface area (Å²) in [6.45, 7) is 0. The standard InChI is InChI=1S/C16H13Br2NO4/c1-22-15(20)10-6-3-4-9-19(13(10)16(21)23-2)14-11(17)7-5-8-12(14)18/h3-9H,1-2H3. The van der Waals surface area contributed by atoms with Crippen LogP contribution in [0.2, 0.25) is 0 Å². The summed E-state index contributed by atoms with van der Waals surface area (Å²) in [7, 11) is 2.52. The van der Waals surface area contributed by atoms with Crippen LogP contribution in [0.4, 0.5) is 5.69 Å². The van der Waals surface area contributed by atoms with E-state index in [-0.39, 0.29) is 11.3 Å². The first-order valence-corrected chi connectivity index (χ1v) is 8.09. The van der Waals surface area contributed by atoms with Crippen molar-refractivity contribution in [3.8, 4) is 0 Å². The van der Waals surface area contributed by atoms with Gasteiger partial charge in [0.1, 0.15) is 5.70 Å². The van der Waals surface area contributed by atoms with E-state index in [1.807, 2.05) is 18.2 Å². The second-order valence-corrected chi connectivity index (χ2v) is 6.10. The van der Waals surface area contributed by atoms with Gasteiger partial charge in [0.25, 0.3) is 0 Å². The summed E-state index contributed by atoms with van der Waals surface area (Å²) in [6, 6.07) is 5.51. The molecule has 1 aliphatic heterocycles. The maximum atomic E-state index is 12.3. The van der Waals surface area contributed by atoms with E-state index in [1.54, 1.807) is 23.3 Å². The Bertz CT molecular complexity index is 717. The second kappa shape index (κ2) is 7.61. The lowest BCUT2D eigenvalue weighted by molar-refractivity contribution is -0.139. The van der Waals surface area contributed by atoms with Crippen LogP contribution in [0.15, 0.2) is 62.8 Å². The van der Waals surface area contributed by atoms with Gasteiger partial charge in [-0.1, -0.05) is 12.1 Å². The van der Waals surface area contributed by atoms with Crippen molar-refractivity contribution in [3.63, 3.8) is 0 Å². The molecule has 0 bridgehead atoms. The molecule has 7 heteroatoms. The molecule has 0 N–H and O–H groups in total. The highest BCUT2D eigenvalue weighted by Crippen LogP contribution is 2.38. The predicted molar refractivity (Wildman–Crippen MR) is 93.7 cm³/mol. The minimum Gasteiger partial charge on any atom is -0.465 e. The van der Waals surface area contributed by atoms with Crippen LogP contribution in [0.1, 0.15) is 0 Å². The van der Waals surface area contributed by atoms with Crippen LogP contribution in [0.5, 0.6) is 0 Å². The van der Waals surface area contributed by atoms with Crippen LogP contribution in [0, 0.1) is 0 Å². The van der Waals surface area contributed by atoms with Gasteiger partial charge in [-0.3, -0.25) is 0 Å². The van der Waals surface area contributed by atoms with Gasteiger partial charge in [-0.25, -0.2) is 9.59 Å². The summed E-state index contributed by atoms with van der Waals surface area (Å²) in [4.78, 5) is 26.0. The van der Waals surface area contributed by atoms with Crippen molar-refractivity contribution in [1.82, 2.24) is 0 Å².